The summed E-state index contributed by atoms with van der Waals surface area (Å²) in [6, 6.07) is 7.23. The maximum atomic E-state index is 13.2. The number of fused-ring (bicyclic) bond motifs is 1. The Morgan fingerprint density at radius 2 is 1.93 bits per heavy atom. The van der Waals surface area contributed by atoms with Gasteiger partial charge in [-0.15, -0.1) is 0 Å². The quantitative estimate of drug-likeness (QED) is 0.771. The lowest BCUT2D eigenvalue weighted by Gasteiger charge is -2.46. The molecule has 0 N–H and O–H groups in total. The van der Waals surface area contributed by atoms with Gasteiger partial charge in [0.25, 0.3) is 0 Å². The lowest BCUT2D eigenvalue weighted by Crippen LogP contribution is -2.62. The molecule has 2 atom stereocenters. The Hall–Kier alpha value is -2.90. The fourth-order valence-electron chi connectivity index (χ4n) is 4.58. The van der Waals surface area contributed by atoms with Crippen LogP contribution in [0.25, 0.3) is 11.4 Å². The predicted molar refractivity (Wildman–Crippen MR) is 103 cm³/mol. The van der Waals surface area contributed by atoms with Crippen LogP contribution in [-0.2, 0) is 11.3 Å². The Labute approximate surface area is 168 Å². The summed E-state index contributed by atoms with van der Waals surface area (Å²) in [6.45, 7) is 0.221. The summed E-state index contributed by atoms with van der Waals surface area (Å²) < 4.78 is 10.8. The first kappa shape index (κ1) is 18.1. The highest BCUT2D eigenvalue weighted by atomic mass is 16.5. The van der Waals surface area contributed by atoms with Crippen molar-refractivity contribution in [2.75, 3.05) is 7.11 Å². The van der Waals surface area contributed by atoms with Crippen molar-refractivity contribution >= 4 is 11.9 Å². The molecule has 3 fully saturated rings. The summed E-state index contributed by atoms with van der Waals surface area (Å²) in [4.78, 5) is 33.9. The predicted octanol–water partition coefficient (Wildman–Crippen LogP) is 3.23. The van der Waals surface area contributed by atoms with Crippen LogP contribution in [0.4, 0.5) is 4.79 Å². The number of aromatic nitrogens is 2. The second kappa shape index (κ2) is 7.17. The van der Waals surface area contributed by atoms with Crippen molar-refractivity contribution in [1.29, 1.82) is 0 Å². The Kier molecular flexibility index (Phi) is 4.49. The molecule has 2 aliphatic carbocycles. The van der Waals surface area contributed by atoms with Crippen molar-refractivity contribution in [3.05, 3.63) is 30.2 Å². The van der Waals surface area contributed by atoms with Crippen LogP contribution in [0.15, 0.2) is 28.8 Å². The first-order valence-electron chi connectivity index (χ1n) is 10.3. The molecule has 8 heteroatoms. The second-order valence-electron chi connectivity index (χ2n) is 8.02. The van der Waals surface area contributed by atoms with Gasteiger partial charge in [0.15, 0.2) is 0 Å². The van der Waals surface area contributed by atoms with Crippen LogP contribution in [0.3, 0.4) is 0 Å². The number of urea groups is 1. The van der Waals surface area contributed by atoms with E-state index in [1.54, 1.807) is 12.0 Å². The average Bonchev–Trinajstić information content (AvgIpc) is 3.48. The summed E-state index contributed by atoms with van der Waals surface area (Å²) in [5.41, 5.74) is 0.736. The maximum absolute atomic E-state index is 13.2. The van der Waals surface area contributed by atoms with Crippen LogP contribution < -0.4 is 4.74 Å². The van der Waals surface area contributed by atoms with Crippen molar-refractivity contribution < 1.29 is 18.8 Å². The number of carbonyl (C=O) groups is 2. The summed E-state index contributed by atoms with van der Waals surface area (Å²) in [5.74, 6) is 1.36. The molecule has 2 aromatic rings. The van der Waals surface area contributed by atoms with E-state index < -0.39 is 0 Å². The summed E-state index contributed by atoms with van der Waals surface area (Å²) in [6.07, 6.45) is 5.55. The molecule has 1 aromatic heterocycles. The number of methoxy groups -OCH3 is 1. The van der Waals surface area contributed by atoms with E-state index in [0.29, 0.717) is 17.5 Å². The smallest absolute Gasteiger partial charge is 0.327 e. The molecule has 29 heavy (non-hydrogen) atoms. The Morgan fingerprint density at radius 3 is 2.72 bits per heavy atom. The lowest BCUT2D eigenvalue weighted by atomic mass is 9.81. The van der Waals surface area contributed by atoms with E-state index in [9.17, 15) is 9.59 Å². The fraction of sp³-hybridized carbons (Fsp3) is 0.524. The van der Waals surface area contributed by atoms with Crippen molar-refractivity contribution in [3.8, 4) is 17.1 Å². The van der Waals surface area contributed by atoms with E-state index in [4.69, 9.17) is 9.26 Å². The van der Waals surface area contributed by atoms with Crippen LogP contribution in [-0.4, -0.2) is 51.1 Å². The molecular weight excluding hydrogens is 372 g/mol. The molecule has 1 aliphatic heterocycles. The molecule has 3 aliphatic rings. The van der Waals surface area contributed by atoms with Crippen molar-refractivity contribution in [1.82, 2.24) is 19.9 Å². The van der Waals surface area contributed by atoms with Gasteiger partial charge in [-0.25, -0.2) is 4.79 Å². The van der Waals surface area contributed by atoms with Gasteiger partial charge in [0, 0.05) is 12.1 Å². The van der Waals surface area contributed by atoms with Gasteiger partial charge in [-0.3, -0.25) is 9.69 Å². The number of hydrogen-bond donors (Lipinski definition) is 0. The molecular formula is C21H24N4O4. The molecule has 0 bridgehead atoms. The average molecular weight is 396 g/mol. The number of benzene rings is 1. The van der Waals surface area contributed by atoms with Gasteiger partial charge in [0.1, 0.15) is 12.3 Å². The van der Waals surface area contributed by atoms with Crippen LogP contribution in [0.2, 0.25) is 0 Å². The minimum Gasteiger partial charge on any atom is -0.496 e. The SMILES string of the molecule is COc1ccccc1-c1noc(CN2C(=O)N(C3CC3)C(=O)C3CCCCC32)n1. The zero-order valence-corrected chi connectivity index (χ0v) is 16.4. The number of para-hydroxylation sites is 1. The minimum absolute atomic E-state index is 0.0127. The standard InChI is InChI=1S/C21H24N4O4/c1-28-17-9-5-3-7-15(17)19-22-18(29-23-19)12-24-16-8-4-2-6-14(16)20(26)25(21(24)27)13-10-11-13/h3,5,7,9,13-14,16H,2,4,6,8,10-12H2,1H3. The molecule has 8 nitrogen and oxygen atoms in total. The van der Waals surface area contributed by atoms with Gasteiger partial charge in [-0.05, 0) is 37.8 Å². The normalized spacial score (nSPS) is 24.6. The fourth-order valence-corrected chi connectivity index (χ4v) is 4.58. The number of carbonyl (C=O) groups excluding carboxylic acids is 2. The lowest BCUT2D eigenvalue weighted by molar-refractivity contribution is -0.141. The highest BCUT2D eigenvalue weighted by Crippen LogP contribution is 2.40. The van der Waals surface area contributed by atoms with Gasteiger partial charge in [-0.1, -0.05) is 30.1 Å². The summed E-state index contributed by atoms with van der Waals surface area (Å²) >= 11 is 0. The van der Waals surface area contributed by atoms with E-state index in [2.05, 4.69) is 10.1 Å². The maximum Gasteiger partial charge on any atom is 0.327 e. The van der Waals surface area contributed by atoms with Crippen LogP contribution in [0.1, 0.15) is 44.4 Å². The molecule has 2 unspecified atom stereocenters. The van der Waals surface area contributed by atoms with Crippen molar-refractivity contribution in [3.63, 3.8) is 0 Å². The number of hydrogen-bond acceptors (Lipinski definition) is 6. The van der Waals surface area contributed by atoms with Crippen LogP contribution >= 0.6 is 0 Å². The third-order valence-corrected chi connectivity index (χ3v) is 6.17. The summed E-state index contributed by atoms with van der Waals surface area (Å²) in [7, 11) is 1.60. The van der Waals surface area contributed by atoms with Crippen LogP contribution in [0, 0.1) is 5.92 Å². The van der Waals surface area contributed by atoms with Gasteiger partial charge < -0.3 is 14.2 Å². The second-order valence-corrected chi connectivity index (χ2v) is 8.02. The Morgan fingerprint density at radius 1 is 1.14 bits per heavy atom. The number of nitrogens with zero attached hydrogens (tertiary/aromatic N) is 4. The molecule has 1 saturated heterocycles. The van der Waals surface area contributed by atoms with Gasteiger partial charge in [0.05, 0.1) is 18.6 Å². The number of ether oxygens (including phenoxy) is 1. The molecule has 152 valence electrons. The Balaban J connectivity index is 1.42. The van der Waals surface area contributed by atoms with E-state index in [1.807, 2.05) is 24.3 Å². The first-order chi connectivity index (χ1) is 14.2. The number of imide groups is 1. The zero-order chi connectivity index (χ0) is 20.0. The van der Waals surface area contributed by atoms with E-state index in [0.717, 1.165) is 44.1 Å². The zero-order valence-electron chi connectivity index (χ0n) is 16.4. The van der Waals surface area contributed by atoms with E-state index >= 15 is 0 Å². The van der Waals surface area contributed by atoms with Gasteiger partial charge in [-0.2, -0.15) is 4.98 Å². The highest BCUT2D eigenvalue weighted by Gasteiger charge is 2.51. The molecule has 2 heterocycles. The Bertz CT molecular complexity index is 938. The topological polar surface area (TPSA) is 88.8 Å². The van der Waals surface area contributed by atoms with E-state index in [-0.39, 0.29) is 36.5 Å². The number of amides is 3. The first-order valence-corrected chi connectivity index (χ1v) is 10.3. The third kappa shape index (κ3) is 3.16. The monoisotopic (exact) mass is 396 g/mol. The van der Waals surface area contributed by atoms with Crippen LogP contribution in [0.5, 0.6) is 5.75 Å². The van der Waals surface area contributed by atoms with E-state index in [1.165, 1.54) is 4.90 Å². The van der Waals surface area contributed by atoms with Crippen molar-refractivity contribution in [2.24, 2.45) is 5.92 Å². The minimum atomic E-state index is -0.210. The summed E-state index contributed by atoms with van der Waals surface area (Å²) in [5, 5.41) is 4.09. The number of rotatable bonds is 5. The molecule has 0 spiro atoms. The molecule has 2 saturated carbocycles. The molecule has 0 radical (unpaired) electrons. The van der Waals surface area contributed by atoms with Gasteiger partial charge >= 0.3 is 6.03 Å². The molecule has 3 amide bonds. The molecule has 1 aromatic carbocycles. The largest absolute Gasteiger partial charge is 0.496 e. The molecule has 5 rings (SSSR count). The van der Waals surface area contributed by atoms with Gasteiger partial charge in [0.2, 0.25) is 17.6 Å². The third-order valence-electron chi connectivity index (χ3n) is 6.17. The highest BCUT2D eigenvalue weighted by molar-refractivity contribution is 5.99. The van der Waals surface area contributed by atoms with Crippen molar-refractivity contribution in [2.45, 2.75) is 57.2 Å².